The lowest BCUT2D eigenvalue weighted by atomic mass is 9.93. The average Bonchev–Trinajstić information content (AvgIpc) is 2.74. The Morgan fingerprint density at radius 1 is 0.839 bits per heavy atom. The van der Waals surface area contributed by atoms with E-state index in [-0.39, 0.29) is 0 Å². The van der Waals surface area contributed by atoms with Gasteiger partial charge in [-0.3, -0.25) is 0 Å². The van der Waals surface area contributed by atoms with Gasteiger partial charge in [0, 0.05) is 0 Å². The summed E-state index contributed by atoms with van der Waals surface area (Å²) >= 11 is 0. The van der Waals surface area contributed by atoms with Crippen molar-refractivity contribution in [3.8, 4) is 0 Å². The smallest absolute Gasteiger partial charge is 0.0293 e. The maximum atomic E-state index is 3.83. The third-order valence-corrected chi connectivity index (χ3v) is 5.10. The first-order valence-electron chi connectivity index (χ1n) is 13.1. The molecule has 1 unspecified atom stereocenters. The Kier molecular flexibility index (Phi) is 40.4. The second-order valence-electron chi connectivity index (χ2n) is 9.35. The third kappa shape index (κ3) is 47.9. The lowest BCUT2D eigenvalue weighted by Gasteiger charge is -2.13. The molecule has 0 saturated heterocycles. The molecule has 0 aromatic rings. The van der Waals surface area contributed by atoms with Gasteiger partial charge >= 0.3 is 0 Å². The van der Waals surface area contributed by atoms with Gasteiger partial charge in [-0.1, -0.05) is 123 Å². The molecule has 0 aromatic carbocycles. The van der Waals surface area contributed by atoms with Crippen molar-refractivity contribution in [2.24, 2.45) is 17.8 Å². The van der Waals surface area contributed by atoms with E-state index < -0.39 is 0 Å². The van der Waals surface area contributed by atoms with E-state index in [2.05, 4.69) is 93.9 Å². The number of rotatable bonds is 15. The summed E-state index contributed by atoms with van der Waals surface area (Å²) < 4.78 is 0. The summed E-state index contributed by atoms with van der Waals surface area (Å²) in [5.41, 5.74) is 1.29. The molecule has 0 aromatic heterocycles. The third-order valence-electron chi connectivity index (χ3n) is 5.10. The maximum absolute atomic E-state index is 3.83. The van der Waals surface area contributed by atoms with E-state index in [0.717, 1.165) is 11.8 Å². The van der Waals surface area contributed by atoms with Crippen LogP contribution in [-0.2, 0) is 0 Å². The zero-order chi connectivity index (χ0) is 24.9. The van der Waals surface area contributed by atoms with E-state index in [1.807, 2.05) is 6.08 Å². The molecule has 0 bridgehead atoms. The van der Waals surface area contributed by atoms with Gasteiger partial charge in [0.1, 0.15) is 0 Å². The van der Waals surface area contributed by atoms with Crippen LogP contribution in [0, 0.1) is 17.8 Å². The van der Waals surface area contributed by atoms with Gasteiger partial charge in [0.2, 0.25) is 0 Å². The first-order chi connectivity index (χ1) is 14.7. The highest BCUT2D eigenvalue weighted by atomic mass is 14.1. The molecule has 0 nitrogen and oxygen atoms in total. The lowest BCUT2D eigenvalue weighted by molar-refractivity contribution is 0.405. The normalized spacial score (nSPS) is 11.0. The average molecular weight is 435 g/mol. The molecule has 0 heteroatoms. The molecule has 1 atom stereocenters. The van der Waals surface area contributed by atoms with Crippen LogP contribution in [0.1, 0.15) is 132 Å². The minimum Gasteiger partial charge on any atom is -0.106 e. The minimum atomic E-state index is 0.648. The van der Waals surface area contributed by atoms with Crippen LogP contribution in [0.15, 0.2) is 50.1 Å². The van der Waals surface area contributed by atoms with Crippen molar-refractivity contribution >= 4 is 0 Å². The molecular weight excluding hydrogens is 372 g/mol. The molecule has 0 aliphatic rings. The Balaban J connectivity index is -0.000000193. The lowest BCUT2D eigenvalue weighted by Crippen LogP contribution is -1.98. The predicted molar refractivity (Wildman–Crippen MR) is 151 cm³/mol. The number of unbranched alkanes of at least 4 members (excludes halogenated alkanes) is 4. The molecule has 0 heterocycles. The van der Waals surface area contributed by atoms with Crippen molar-refractivity contribution in [3.63, 3.8) is 0 Å². The van der Waals surface area contributed by atoms with Gasteiger partial charge in [0.05, 0.1) is 0 Å². The highest BCUT2D eigenvalue weighted by molar-refractivity contribution is 4.88. The molecule has 31 heavy (non-hydrogen) atoms. The van der Waals surface area contributed by atoms with Gasteiger partial charge in [0.15, 0.2) is 0 Å². The van der Waals surface area contributed by atoms with Crippen LogP contribution < -0.4 is 0 Å². The van der Waals surface area contributed by atoms with Crippen molar-refractivity contribution < 1.29 is 0 Å². The molecule has 0 fully saturated rings. The molecule has 0 radical (unpaired) electrons. The standard InChI is InChI=1S/C15H32.C9H16.C5H10.C2H4/c1-5-11-15(6-2)13-10-8-7-9-12-14(3)4;1-4-5-6-7-8-9(2)3;1-4-5(2)3;1-2/h14-15H,5-13H2,1-4H3;4-5H,2,6-8H2,1,3H3;4-5H,1H2,2-3H3;1-2H2/b;5-4-;;. The summed E-state index contributed by atoms with van der Waals surface area (Å²) in [6, 6.07) is 0. The minimum absolute atomic E-state index is 0.648. The van der Waals surface area contributed by atoms with Gasteiger partial charge in [-0.2, -0.15) is 0 Å². The summed E-state index contributed by atoms with van der Waals surface area (Å²) in [6.07, 6.45) is 22.8. The second kappa shape index (κ2) is 33.6. The summed E-state index contributed by atoms with van der Waals surface area (Å²) in [5.74, 6) is 2.56. The van der Waals surface area contributed by atoms with E-state index in [4.69, 9.17) is 0 Å². The largest absolute Gasteiger partial charge is 0.106 e. The quantitative estimate of drug-likeness (QED) is 0.177. The Hall–Kier alpha value is -1.04. The Labute approximate surface area is 200 Å². The van der Waals surface area contributed by atoms with Gasteiger partial charge in [0.25, 0.3) is 0 Å². The number of allylic oxidation sites excluding steroid dienone is 4. The molecule has 0 N–H and O–H groups in total. The summed E-state index contributed by atoms with van der Waals surface area (Å²) in [6.45, 7) is 31.0. The van der Waals surface area contributed by atoms with Crippen LogP contribution >= 0.6 is 0 Å². The highest BCUT2D eigenvalue weighted by Gasteiger charge is 2.04. The van der Waals surface area contributed by atoms with Gasteiger partial charge in [-0.05, 0) is 50.9 Å². The van der Waals surface area contributed by atoms with Crippen LogP contribution in [0.25, 0.3) is 0 Å². The fraction of sp³-hybridized carbons (Fsp3) is 0.742. The highest BCUT2D eigenvalue weighted by Crippen LogP contribution is 2.19. The van der Waals surface area contributed by atoms with Crippen molar-refractivity contribution in [2.75, 3.05) is 0 Å². The second-order valence-corrected chi connectivity index (χ2v) is 9.35. The van der Waals surface area contributed by atoms with E-state index in [0.29, 0.717) is 5.92 Å². The van der Waals surface area contributed by atoms with Crippen LogP contribution in [-0.4, -0.2) is 0 Å². The summed E-state index contributed by atoms with van der Waals surface area (Å²) in [4.78, 5) is 0. The van der Waals surface area contributed by atoms with Crippen molar-refractivity contribution in [1.82, 2.24) is 0 Å². The molecule has 186 valence electrons. The zero-order valence-corrected chi connectivity index (χ0v) is 23.3. The SMILES string of the molecule is C=C.C=C(C)CCC/C=C\C.C=CC(C)C.CCCC(CC)CCCCCCC(C)C. The van der Waals surface area contributed by atoms with Crippen LogP contribution in [0.4, 0.5) is 0 Å². The summed E-state index contributed by atoms with van der Waals surface area (Å²) in [5, 5.41) is 0. The molecule has 0 amide bonds. The van der Waals surface area contributed by atoms with Gasteiger partial charge in [-0.15, -0.1) is 26.3 Å². The first-order valence-corrected chi connectivity index (χ1v) is 13.1. The molecular formula is C31H62. The Bertz CT molecular complexity index is 358. The monoisotopic (exact) mass is 434 g/mol. The topological polar surface area (TPSA) is 0 Å². The van der Waals surface area contributed by atoms with Crippen molar-refractivity contribution in [3.05, 3.63) is 50.1 Å². The van der Waals surface area contributed by atoms with Gasteiger partial charge in [-0.25, -0.2) is 0 Å². The predicted octanol–water partition coefficient (Wildman–Crippen LogP) is 11.7. The Morgan fingerprint density at radius 3 is 1.71 bits per heavy atom. The van der Waals surface area contributed by atoms with E-state index in [1.54, 1.807) is 0 Å². The van der Waals surface area contributed by atoms with Crippen LogP contribution in [0.2, 0.25) is 0 Å². The molecule has 0 rings (SSSR count). The molecule has 0 saturated carbocycles. The zero-order valence-electron chi connectivity index (χ0n) is 23.3. The molecule has 0 spiro atoms. The number of hydrogen-bond donors (Lipinski definition) is 0. The van der Waals surface area contributed by atoms with Gasteiger partial charge < -0.3 is 0 Å². The van der Waals surface area contributed by atoms with Crippen molar-refractivity contribution in [2.45, 2.75) is 132 Å². The fourth-order valence-electron chi connectivity index (χ4n) is 2.99. The van der Waals surface area contributed by atoms with E-state index >= 15 is 0 Å². The first kappa shape index (κ1) is 37.3. The molecule has 0 aliphatic heterocycles. The summed E-state index contributed by atoms with van der Waals surface area (Å²) in [7, 11) is 0. The van der Waals surface area contributed by atoms with Crippen molar-refractivity contribution in [1.29, 1.82) is 0 Å². The van der Waals surface area contributed by atoms with E-state index in [9.17, 15) is 0 Å². The van der Waals surface area contributed by atoms with Crippen LogP contribution in [0.5, 0.6) is 0 Å². The maximum Gasteiger partial charge on any atom is -0.0293 e. The molecule has 0 aliphatic carbocycles. The van der Waals surface area contributed by atoms with Crippen LogP contribution in [0.3, 0.4) is 0 Å². The fourth-order valence-corrected chi connectivity index (χ4v) is 2.99. The number of hydrogen-bond acceptors (Lipinski definition) is 0. The van der Waals surface area contributed by atoms with E-state index in [1.165, 1.54) is 82.6 Å². The Morgan fingerprint density at radius 2 is 1.35 bits per heavy atom.